The fourth-order valence-corrected chi connectivity index (χ4v) is 2.51. The summed E-state index contributed by atoms with van der Waals surface area (Å²) in [4.78, 5) is 14.4. The molecule has 4 nitrogen and oxygen atoms in total. The number of nitrogens with two attached hydrogens (primary N) is 1. The van der Waals surface area contributed by atoms with Gasteiger partial charge in [-0.25, -0.2) is 0 Å². The van der Waals surface area contributed by atoms with E-state index in [1.54, 1.807) is 0 Å². The average molecular weight is 247 g/mol. The predicted molar refractivity (Wildman–Crippen MR) is 73.3 cm³/mol. The van der Waals surface area contributed by atoms with Crippen LogP contribution in [0.5, 0.6) is 0 Å². The number of hydrogen-bond acceptors (Lipinski definition) is 3. The number of piperidine rings is 1. The van der Waals surface area contributed by atoms with Crippen molar-refractivity contribution in [2.45, 2.75) is 26.7 Å². The Kier molecular flexibility index (Phi) is 3.87. The van der Waals surface area contributed by atoms with E-state index < -0.39 is 0 Å². The van der Waals surface area contributed by atoms with Crippen molar-refractivity contribution >= 4 is 11.6 Å². The highest BCUT2D eigenvalue weighted by molar-refractivity contribution is 5.99. The third kappa shape index (κ3) is 2.64. The molecule has 0 saturated carbocycles. The molecule has 0 aliphatic carbocycles. The normalized spacial score (nSPS) is 19.7. The van der Waals surface area contributed by atoms with Gasteiger partial charge in [0.15, 0.2) is 0 Å². The Morgan fingerprint density at radius 1 is 1.50 bits per heavy atom. The second-order valence-electron chi connectivity index (χ2n) is 5.19. The lowest BCUT2D eigenvalue weighted by Crippen LogP contribution is -2.39. The number of anilines is 1. The highest BCUT2D eigenvalue weighted by Gasteiger charge is 2.23. The van der Waals surface area contributed by atoms with Crippen molar-refractivity contribution in [3.05, 3.63) is 29.3 Å². The van der Waals surface area contributed by atoms with Gasteiger partial charge in [-0.3, -0.25) is 10.6 Å². The molecule has 1 aromatic carbocycles. The molecule has 0 spiro atoms. The molecule has 1 amide bonds. The average Bonchev–Trinajstić information content (AvgIpc) is 2.38. The molecule has 1 saturated heterocycles. The molecule has 1 aromatic rings. The number of carbonyl (C=O) groups excluding carboxylic acids is 1. The van der Waals surface area contributed by atoms with Crippen LogP contribution in [0, 0.1) is 12.8 Å². The lowest BCUT2D eigenvalue weighted by atomic mass is 9.99. The number of nitrogens with zero attached hydrogens (tertiary/aromatic N) is 1. The number of rotatable bonds is 2. The Morgan fingerprint density at radius 3 is 2.94 bits per heavy atom. The summed E-state index contributed by atoms with van der Waals surface area (Å²) in [5.41, 5.74) is 5.05. The number of hydrazine groups is 1. The third-order valence-corrected chi connectivity index (χ3v) is 3.51. The highest BCUT2D eigenvalue weighted by Crippen LogP contribution is 2.22. The van der Waals surface area contributed by atoms with Gasteiger partial charge in [0.2, 0.25) is 0 Å². The Balaban J connectivity index is 2.24. The molecule has 18 heavy (non-hydrogen) atoms. The second kappa shape index (κ2) is 5.40. The Hall–Kier alpha value is -1.55. The van der Waals surface area contributed by atoms with Crippen LogP contribution in [0.25, 0.3) is 0 Å². The van der Waals surface area contributed by atoms with Gasteiger partial charge in [0.1, 0.15) is 0 Å². The van der Waals surface area contributed by atoms with Gasteiger partial charge < -0.3 is 10.3 Å². The molecule has 1 atom stereocenters. The van der Waals surface area contributed by atoms with Gasteiger partial charge in [-0.15, -0.1) is 0 Å². The zero-order chi connectivity index (χ0) is 13.1. The van der Waals surface area contributed by atoms with Gasteiger partial charge >= 0.3 is 0 Å². The summed E-state index contributed by atoms with van der Waals surface area (Å²) in [5.74, 6) is 6.14. The number of amides is 1. The van der Waals surface area contributed by atoms with Crippen LogP contribution in [0.2, 0.25) is 0 Å². The number of nitrogens with one attached hydrogen (secondary N) is 1. The van der Waals surface area contributed by atoms with Gasteiger partial charge in [-0.05, 0) is 37.8 Å². The van der Waals surface area contributed by atoms with Crippen molar-refractivity contribution < 1.29 is 4.79 Å². The molecular weight excluding hydrogens is 226 g/mol. The van der Waals surface area contributed by atoms with E-state index in [1.165, 1.54) is 6.42 Å². The fourth-order valence-electron chi connectivity index (χ4n) is 2.51. The van der Waals surface area contributed by atoms with Crippen LogP contribution in [0.4, 0.5) is 5.69 Å². The molecule has 1 aliphatic heterocycles. The lowest BCUT2D eigenvalue weighted by molar-refractivity contribution is 0.0684. The molecule has 98 valence electrons. The molecule has 3 N–H and O–H groups in total. The van der Waals surface area contributed by atoms with Gasteiger partial charge in [-0.2, -0.15) is 0 Å². The minimum Gasteiger partial charge on any atom is -0.338 e. The zero-order valence-electron chi connectivity index (χ0n) is 11.1. The van der Waals surface area contributed by atoms with Crippen LogP contribution in [-0.4, -0.2) is 23.9 Å². The summed E-state index contributed by atoms with van der Waals surface area (Å²) in [5, 5.41) is 0. The summed E-state index contributed by atoms with van der Waals surface area (Å²) < 4.78 is 0. The monoisotopic (exact) mass is 247 g/mol. The quantitative estimate of drug-likeness (QED) is 0.622. The van der Waals surface area contributed by atoms with Crippen LogP contribution in [-0.2, 0) is 0 Å². The predicted octanol–water partition coefficient (Wildman–Crippen LogP) is 2.15. The largest absolute Gasteiger partial charge is 0.338 e. The SMILES string of the molecule is Cc1ccc(NN)c(C(=O)N2CCCC(C)C2)c1. The Morgan fingerprint density at radius 2 is 2.28 bits per heavy atom. The van der Waals surface area contributed by atoms with Gasteiger partial charge in [0.25, 0.3) is 5.91 Å². The molecule has 0 radical (unpaired) electrons. The van der Waals surface area contributed by atoms with Gasteiger partial charge in [0, 0.05) is 13.1 Å². The van der Waals surface area contributed by atoms with E-state index in [9.17, 15) is 4.79 Å². The number of benzene rings is 1. The molecular formula is C14H21N3O. The number of likely N-dealkylation sites (tertiary alicyclic amines) is 1. The molecule has 1 heterocycles. The van der Waals surface area contributed by atoms with E-state index in [4.69, 9.17) is 5.84 Å². The van der Waals surface area contributed by atoms with Crippen molar-refractivity contribution in [2.24, 2.45) is 11.8 Å². The van der Waals surface area contributed by atoms with E-state index in [0.29, 0.717) is 17.2 Å². The van der Waals surface area contributed by atoms with Crippen molar-refractivity contribution in [1.82, 2.24) is 4.90 Å². The molecule has 2 rings (SSSR count). The first-order valence-corrected chi connectivity index (χ1v) is 6.48. The van der Waals surface area contributed by atoms with Crippen LogP contribution in [0.3, 0.4) is 0 Å². The van der Waals surface area contributed by atoms with E-state index in [2.05, 4.69) is 12.3 Å². The maximum absolute atomic E-state index is 12.5. The highest BCUT2D eigenvalue weighted by atomic mass is 16.2. The minimum atomic E-state index is 0.0817. The first kappa shape index (κ1) is 12.9. The van der Waals surface area contributed by atoms with E-state index in [0.717, 1.165) is 25.1 Å². The van der Waals surface area contributed by atoms with E-state index in [-0.39, 0.29) is 5.91 Å². The summed E-state index contributed by atoms with van der Waals surface area (Å²) in [6, 6.07) is 5.71. The maximum Gasteiger partial charge on any atom is 0.256 e. The zero-order valence-corrected chi connectivity index (χ0v) is 11.1. The summed E-state index contributed by atoms with van der Waals surface area (Å²) in [6.07, 6.45) is 2.30. The number of carbonyl (C=O) groups is 1. The molecule has 0 bridgehead atoms. The lowest BCUT2D eigenvalue weighted by Gasteiger charge is -2.31. The van der Waals surface area contributed by atoms with Crippen molar-refractivity contribution in [3.63, 3.8) is 0 Å². The van der Waals surface area contributed by atoms with Crippen molar-refractivity contribution in [2.75, 3.05) is 18.5 Å². The Labute approximate surface area is 108 Å². The first-order chi connectivity index (χ1) is 8.61. The number of aryl methyl sites for hydroxylation is 1. The minimum absolute atomic E-state index is 0.0817. The van der Waals surface area contributed by atoms with Crippen LogP contribution in [0.15, 0.2) is 18.2 Å². The Bertz CT molecular complexity index is 445. The molecule has 0 aromatic heterocycles. The molecule has 1 fully saturated rings. The topological polar surface area (TPSA) is 58.4 Å². The smallest absolute Gasteiger partial charge is 0.256 e. The van der Waals surface area contributed by atoms with Gasteiger partial charge in [-0.1, -0.05) is 18.6 Å². The van der Waals surface area contributed by atoms with Gasteiger partial charge in [0.05, 0.1) is 11.3 Å². The summed E-state index contributed by atoms with van der Waals surface area (Å²) >= 11 is 0. The van der Waals surface area contributed by atoms with Crippen LogP contribution < -0.4 is 11.3 Å². The number of hydrogen-bond donors (Lipinski definition) is 2. The molecule has 1 aliphatic rings. The van der Waals surface area contributed by atoms with E-state index in [1.807, 2.05) is 30.0 Å². The van der Waals surface area contributed by atoms with Crippen LogP contribution >= 0.6 is 0 Å². The first-order valence-electron chi connectivity index (χ1n) is 6.48. The maximum atomic E-state index is 12.5. The standard InChI is InChI=1S/C14H21N3O/c1-10-5-6-13(16-15)12(8-10)14(18)17-7-3-4-11(2)9-17/h5-6,8,11,16H,3-4,7,9,15H2,1-2H3. The van der Waals surface area contributed by atoms with Crippen molar-refractivity contribution in [3.8, 4) is 0 Å². The number of nitrogen functional groups attached to an aromatic ring is 1. The second-order valence-corrected chi connectivity index (χ2v) is 5.19. The summed E-state index contributed by atoms with van der Waals surface area (Å²) in [7, 11) is 0. The van der Waals surface area contributed by atoms with Crippen LogP contribution in [0.1, 0.15) is 35.7 Å². The van der Waals surface area contributed by atoms with Crippen molar-refractivity contribution in [1.29, 1.82) is 0 Å². The fraction of sp³-hybridized carbons (Fsp3) is 0.500. The van der Waals surface area contributed by atoms with E-state index >= 15 is 0 Å². The summed E-state index contributed by atoms with van der Waals surface area (Å²) in [6.45, 7) is 5.87. The third-order valence-electron chi connectivity index (χ3n) is 3.51. The molecule has 4 heteroatoms. The molecule has 1 unspecified atom stereocenters.